The highest BCUT2D eigenvalue weighted by molar-refractivity contribution is 6.03. The van der Waals surface area contributed by atoms with Crippen molar-refractivity contribution < 1.29 is 9.18 Å². The first-order valence-corrected chi connectivity index (χ1v) is 9.69. The maximum absolute atomic E-state index is 14.0. The topological polar surface area (TPSA) is 48.5 Å². The van der Waals surface area contributed by atoms with E-state index in [0.29, 0.717) is 17.1 Å². The molecule has 2 aromatic carbocycles. The molecule has 1 fully saturated rings. The minimum absolute atomic E-state index is 0.177. The summed E-state index contributed by atoms with van der Waals surface area (Å²) in [6.45, 7) is 5.04. The first kappa shape index (κ1) is 18.9. The summed E-state index contributed by atoms with van der Waals surface area (Å²) in [6.07, 6.45) is 1.77. The number of hydrogen-bond donors (Lipinski definition) is 1. The van der Waals surface area contributed by atoms with Gasteiger partial charge in [0.15, 0.2) is 0 Å². The van der Waals surface area contributed by atoms with Gasteiger partial charge in [-0.2, -0.15) is 0 Å². The number of carbonyl (C=O) groups is 1. The molecule has 5 nitrogen and oxygen atoms in total. The summed E-state index contributed by atoms with van der Waals surface area (Å²) in [6, 6.07) is 18.1. The second kappa shape index (κ2) is 8.31. The summed E-state index contributed by atoms with van der Waals surface area (Å²) in [5, 5.41) is 2.82. The largest absolute Gasteiger partial charge is 0.367 e. The van der Waals surface area contributed by atoms with Crippen LogP contribution < -0.4 is 15.1 Å². The number of carbonyl (C=O) groups excluding carboxylic acids is 1. The maximum Gasteiger partial charge on any atom is 0.256 e. The second-order valence-electron chi connectivity index (χ2n) is 7.15. The van der Waals surface area contributed by atoms with E-state index in [2.05, 4.69) is 20.1 Å². The van der Waals surface area contributed by atoms with Crippen molar-refractivity contribution in [2.45, 2.75) is 6.92 Å². The number of halogens is 1. The smallest absolute Gasteiger partial charge is 0.256 e. The van der Waals surface area contributed by atoms with Gasteiger partial charge < -0.3 is 15.1 Å². The summed E-state index contributed by atoms with van der Waals surface area (Å²) in [7, 11) is 0. The van der Waals surface area contributed by atoms with Crippen molar-refractivity contribution in [1.29, 1.82) is 0 Å². The SMILES string of the molecule is Cc1ccc(C(=O)Nc2ccc(N3CCN(c4ccccc4F)CC3)cn2)cc1. The lowest BCUT2D eigenvalue weighted by Gasteiger charge is -2.37. The molecule has 29 heavy (non-hydrogen) atoms. The van der Waals surface area contributed by atoms with E-state index in [0.717, 1.165) is 37.4 Å². The zero-order valence-electron chi connectivity index (χ0n) is 16.3. The van der Waals surface area contributed by atoms with Crippen LogP contribution in [0.5, 0.6) is 0 Å². The van der Waals surface area contributed by atoms with E-state index in [1.165, 1.54) is 6.07 Å². The number of aryl methyl sites for hydroxylation is 1. The van der Waals surface area contributed by atoms with Gasteiger partial charge in [-0.05, 0) is 43.3 Å². The second-order valence-corrected chi connectivity index (χ2v) is 7.15. The van der Waals surface area contributed by atoms with Crippen LogP contribution in [0.1, 0.15) is 15.9 Å². The molecule has 1 N–H and O–H groups in total. The highest BCUT2D eigenvalue weighted by atomic mass is 19.1. The van der Waals surface area contributed by atoms with E-state index in [4.69, 9.17) is 0 Å². The fraction of sp³-hybridized carbons (Fsp3) is 0.217. The predicted molar refractivity (Wildman–Crippen MR) is 114 cm³/mol. The quantitative estimate of drug-likeness (QED) is 0.728. The molecule has 6 heteroatoms. The highest BCUT2D eigenvalue weighted by Crippen LogP contribution is 2.23. The Kier molecular flexibility index (Phi) is 5.42. The molecular weight excluding hydrogens is 367 g/mol. The molecule has 1 aliphatic heterocycles. The van der Waals surface area contributed by atoms with E-state index in [1.807, 2.05) is 43.3 Å². The number of pyridine rings is 1. The van der Waals surface area contributed by atoms with Gasteiger partial charge in [0, 0.05) is 31.7 Å². The first-order valence-electron chi connectivity index (χ1n) is 9.69. The molecule has 4 rings (SSSR count). The standard InChI is InChI=1S/C23H23FN4O/c1-17-6-8-18(9-7-17)23(29)26-22-11-10-19(16-25-22)27-12-14-28(15-13-27)21-5-3-2-4-20(21)24/h2-11,16H,12-15H2,1H3,(H,25,26,29). The molecule has 1 aliphatic rings. The minimum atomic E-state index is -0.184. The van der Waals surface area contributed by atoms with Gasteiger partial charge in [0.05, 0.1) is 17.6 Å². The van der Waals surface area contributed by atoms with E-state index in [9.17, 15) is 9.18 Å². The monoisotopic (exact) mass is 390 g/mol. The van der Waals surface area contributed by atoms with E-state index in [-0.39, 0.29) is 11.7 Å². The molecule has 1 amide bonds. The van der Waals surface area contributed by atoms with Crippen LogP contribution in [0.15, 0.2) is 66.9 Å². The Morgan fingerprint density at radius 3 is 2.28 bits per heavy atom. The molecular formula is C23H23FN4O. The van der Waals surface area contributed by atoms with Crippen molar-refractivity contribution in [1.82, 2.24) is 4.98 Å². The number of anilines is 3. The maximum atomic E-state index is 14.0. The predicted octanol–water partition coefficient (Wildman–Crippen LogP) is 4.11. The van der Waals surface area contributed by atoms with Crippen LogP contribution in [-0.2, 0) is 0 Å². The third-order valence-electron chi connectivity index (χ3n) is 5.14. The van der Waals surface area contributed by atoms with E-state index < -0.39 is 0 Å². The molecule has 1 aromatic heterocycles. The Balaban J connectivity index is 1.35. The van der Waals surface area contributed by atoms with Crippen LogP contribution in [0.3, 0.4) is 0 Å². The number of para-hydroxylation sites is 1. The molecule has 0 radical (unpaired) electrons. The number of benzene rings is 2. The Morgan fingerprint density at radius 2 is 1.62 bits per heavy atom. The summed E-state index contributed by atoms with van der Waals surface area (Å²) >= 11 is 0. The Bertz CT molecular complexity index is 981. The summed E-state index contributed by atoms with van der Waals surface area (Å²) in [5.41, 5.74) is 3.36. The molecule has 0 spiro atoms. The number of amides is 1. The highest BCUT2D eigenvalue weighted by Gasteiger charge is 2.19. The third kappa shape index (κ3) is 4.37. The van der Waals surface area contributed by atoms with Gasteiger partial charge in [0.1, 0.15) is 11.6 Å². The third-order valence-corrected chi connectivity index (χ3v) is 5.14. The lowest BCUT2D eigenvalue weighted by Crippen LogP contribution is -2.46. The number of hydrogen-bond acceptors (Lipinski definition) is 4. The number of nitrogens with one attached hydrogen (secondary N) is 1. The lowest BCUT2D eigenvalue weighted by atomic mass is 10.1. The molecule has 0 saturated carbocycles. The van der Waals surface area contributed by atoms with Crippen LogP contribution in [0, 0.1) is 12.7 Å². The van der Waals surface area contributed by atoms with Crippen LogP contribution in [0.4, 0.5) is 21.6 Å². The van der Waals surface area contributed by atoms with Crippen molar-refractivity contribution in [2.75, 3.05) is 41.3 Å². The van der Waals surface area contributed by atoms with Gasteiger partial charge in [-0.1, -0.05) is 29.8 Å². The average Bonchev–Trinajstić information content (AvgIpc) is 2.75. The van der Waals surface area contributed by atoms with Crippen molar-refractivity contribution in [2.24, 2.45) is 0 Å². The molecule has 3 aromatic rings. The summed E-state index contributed by atoms with van der Waals surface area (Å²) in [5.74, 6) is 0.157. The number of rotatable bonds is 4. The lowest BCUT2D eigenvalue weighted by molar-refractivity contribution is 0.102. The first-order chi connectivity index (χ1) is 14.1. The van der Waals surface area contributed by atoms with Crippen molar-refractivity contribution in [3.8, 4) is 0 Å². The fourth-order valence-electron chi connectivity index (χ4n) is 3.45. The van der Waals surface area contributed by atoms with Gasteiger partial charge in [-0.15, -0.1) is 0 Å². The molecule has 0 bridgehead atoms. The minimum Gasteiger partial charge on any atom is -0.367 e. The summed E-state index contributed by atoms with van der Waals surface area (Å²) in [4.78, 5) is 21.0. The van der Waals surface area contributed by atoms with Crippen molar-refractivity contribution >= 4 is 23.1 Å². The fourth-order valence-corrected chi connectivity index (χ4v) is 3.45. The number of piperazine rings is 1. The van der Waals surface area contributed by atoms with Crippen LogP contribution in [0.25, 0.3) is 0 Å². The zero-order valence-corrected chi connectivity index (χ0v) is 16.3. The molecule has 148 valence electrons. The van der Waals surface area contributed by atoms with Gasteiger partial charge in [0.25, 0.3) is 5.91 Å². The Morgan fingerprint density at radius 1 is 0.931 bits per heavy atom. The summed E-state index contributed by atoms with van der Waals surface area (Å²) < 4.78 is 14.0. The zero-order chi connectivity index (χ0) is 20.2. The molecule has 0 atom stereocenters. The Hall–Kier alpha value is -3.41. The molecule has 1 saturated heterocycles. The molecule has 2 heterocycles. The van der Waals surface area contributed by atoms with Crippen LogP contribution in [0.2, 0.25) is 0 Å². The van der Waals surface area contributed by atoms with Gasteiger partial charge in [0.2, 0.25) is 0 Å². The Labute approximate surface area is 169 Å². The molecule has 0 unspecified atom stereocenters. The van der Waals surface area contributed by atoms with E-state index in [1.54, 1.807) is 24.4 Å². The molecule has 0 aliphatic carbocycles. The number of nitrogens with zero attached hydrogens (tertiary/aromatic N) is 3. The van der Waals surface area contributed by atoms with Crippen molar-refractivity contribution in [3.05, 3.63) is 83.8 Å². The van der Waals surface area contributed by atoms with Gasteiger partial charge >= 0.3 is 0 Å². The van der Waals surface area contributed by atoms with Gasteiger partial charge in [-0.3, -0.25) is 4.79 Å². The average molecular weight is 390 g/mol. The normalized spacial score (nSPS) is 14.0. The van der Waals surface area contributed by atoms with Crippen molar-refractivity contribution in [3.63, 3.8) is 0 Å². The van der Waals surface area contributed by atoms with Crippen LogP contribution >= 0.6 is 0 Å². The van der Waals surface area contributed by atoms with Crippen LogP contribution in [-0.4, -0.2) is 37.1 Å². The number of aromatic nitrogens is 1. The van der Waals surface area contributed by atoms with Gasteiger partial charge in [-0.25, -0.2) is 9.37 Å². The van der Waals surface area contributed by atoms with E-state index >= 15 is 0 Å².